The molecule has 0 spiro atoms. The monoisotopic (exact) mass is 389 g/mol. The van der Waals surface area contributed by atoms with Crippen LogP contribution in [0.4, 0.5) is 0 Å². The smallest absolute Gasteiger partial charge is 0.152 e. The second-order valence-electron chi connectivity index (χ2n) is 7.09. The second kappa shape index (κ2) is 6.70. The number of nitrogens with zero attached hydrogens (tertiary/aromatic N) is 5. The van der Waals surface area contributed by atoms with E-state index < -0.39 is 0 Å². The first-order chi connectivity index (χ1) is 14.8. The molecular weight excluding hydrogens is 374 g/mol. The van der Waals surface area contributed by atoms with Crippen LogP contribution in [0, 0.1) is 0 Å². The lowest BCUT2D eigenvalue weighted by molar-refractivity contribution is 0.615. The first-order valence-electron chi connectivity index (χ1n) is 9.63. The molecule has 0 aliphatic rings. The van der Waals surface area contributed by atoms with E-state index in [1.165, 1.54) is 0 Å². The fourth-order valence-electron chi connectivity index (χ4n) is 3.58. The van der Waals surface area contributed by atoms with E-state index in [9.17, 15) is 0 Å². The van der Waals surface area contributed by atoms with Crippen LogP contribution in [0.25, 0.3) is 44.4 Å². The highest BCUT2D eigenvalue weighted by Crippen LogP contribution is 2.24. The van der Waals surface area contributed by atoms with Crippen LogP contribution < -0.4 is 0 Å². The van der Waals surface area contributed by atoms with Crippen molar-refractivity contribution in [1.82, 2.24) is 24.9 Å². The standard InChI is InChI=1S/C24H15N5O/c1-2-21-19(25-10-1)5-3-16(27-21)13-17-4-6-20-23(28-17)12-15(14-26-20)18-7-8-24-22(29-18)9-11-30-24/h1-12,14H,13H2. The Morgan fingerprint density at radius 2 is 1.50 bits per heavy atom. The summed E-state index contributed by atoms with van der Waals surface area (Å²) in [6, 6.07) is 19.6. The van der Waals surface area contributed by atoms with Crippen molar-refractivity contribution in [2.75, 3.05) is 0 Å². The minimum atomic E-state index is 0.643. The first kappa shape index (κ1) is 16.7. The summed E-state index contributed by atoms with van der Waals surface area (Å²) in [4.78, 5) is 23.1. The average molecular weight is 389 g/mol. The lowest BCUT2D eigenvalue weighted by Crippen LogP contribution is -1.97. The number of hydrogen-bond acceptors (Lipinski definition) is 6. The SMILES string of the molecule is c1cnc2ccc(Cc3ccc4ncc(-c5ccc6occc6n5)cc4n3)nc2c1. The Labute approximate surface area is 171 Å². The molecule has 0 N–H and O–H groups in total. The van der Waals surface area contributed by atoms with Crippen molar-refractivity contribution < 1.29 is 4.42 Å². The summed E-state index contributed by atoms with van der Waals surface area (Å²) in [5, 5.41) is 0. The normalized spacial score (nSPS) is 11.5. The van der Waals surface area contributed by atoms with E-state index in [0.717, 1.165) is 55.8 Å². The predicted molar refractivity (Wildman–Crippen MR) is 115 cm³/mol. The maximum Gasteiger partial charge on any atom is 0.152 e. The van der Waals surface area contributed by atoms with Gasteiger partial charge in [-0.15, -0.1) is 0 Å². The number of rotatable bonds is 3. The molecule has 30 heavy (non-hydrogen) atoms. The predicted octanol–water partition coefficient (Wildman–Crippen LogP) is 4.97. The molecule has 6 rings (SSSR count). The topological polar surface area (TPSA) is 77.6 Å². The fraction of sp³-hybridized carbons (Fsp3) is 0.0417. The van der Waals surface area contributed by atoms with Gasteiger partial charge in [-0.05, 0) is 54.6 Å². The zero-order valence-corrected chi connectivity index (χ0v) is 15.9. The minimum absolute atomic E-state index is 0.643. The summed E-state index contributed by atoms with van der Waals surface area (Å²) in [5.74, 6) is 0. The second-order valence-corrected chi connectivity index (χ2v) is 7.09. The Bertz CT molecular complexity index is 1540. The van der Waals surface area contributed by atoms with Crippen molar-refractivity contribution in [2.24, 2.45) is 0 Å². The van der Waals surface area contributed by atoms with Gasteiger partial charge in [-0.1, -0.05) is 0 Å². The lowest BCUT2D eigenvalue weighted by Gasteiger charge is -2.06. The molecule has 6 heteroatoms. The summed E-state index contributed by atoms with van der Waals surface area (Å²) in [5.41, 5.74) is 8.72. The molecule has 0 fully saturated rings. The maximum atomic E-state index is 5.38. The van der Waals surface area contributed by atoms with E-state index in [0.29, 0.717) is 6.42 Å². The Balaban J connectivity index is 1.37. The number of fused-ring (bicyclic) bond motifs is 3. The quantitative estimate of drug-likeness (QED) is 0.425. The van der Waals surface area contributed by atoms with Gasteiger partial charge >= 0.3 is 0 Å². The zero-order chi connectivity index (χ0) is 19.9. The van der Waals surface area contributed by atoms with E-state index in [1.54, 1.807) is 12.5 Å². The van der Waals surface area contributed by atoms with Crippen molar-refractivity contribution in [1.29, 1.82) is 0 Å². The van der Waals surface area contributed by atoms with E-state index in [2.05, 4.69) is 15.0 Å². The Morgan fingerprint density at radius 1 is 0.667 bits per heavy atom. The highest BCUT2D eigenvalue weighted by atomic mass is 16.3. The molecule has 0 saturated heterocycles. The maximum absolute atomic E-state index is 5.38. The van der Waals surface area contributed by atoms with Gasteiger partial charge in [0.05, 0.1) is 34.0 Å². The molecule has 0 bridgehead atoms. The molecule has 142 valence electrons. The van der Waals surface area contributed by atoms with Crippen molar-refractivity contribution in [2.45, 2.75) is 6.42 Å². The highest BCUT2D eigenvalue weighted by molar-refractivity contribution is 5.82. The van der Waals surface area contributed by atoms with E-state index in [-0.39, 0.29) is 0 Å². The lowest BCUT2D eigenvalue weighted by atomic mass is 10.1. The molecule has 0 amide bonds. The van der Waals surface area contributed by atoms with Gasteiger partial charge in [0.25, 0.3) is 0 Å². The molecule has 6 aromatic heterocycles. The third kappa shape index (κ3) is 2.95. The molecule has 6 heterocycles. The molecule has 0 radical (unpaired) electrons. The van der Waals surface area contributed by atoms with Crippen LogP contribution >= 0.6 is 0 Å². The third-order valence-electron chi connectivity index (χ3n) is 5.07. The molecule has 0 aliphatic carbocycles. The number of hydrogen-bond donors (Lipinski definition) is 0. The van der Waals surface area contributed by atoms with Crippen LogP contribution in [0.3, 0.4) is 0 Å². The molecule has 0 atom stereocenters. The molecule has 0 saturated carbocycles. The van der Waals surface area contributed by atoms with Crippen LogP contribution in [0.15, 0.2) is 83.7 Å². The summed E-state index contributed by atoms with van der Waals surface area (Å²) < 4.78 is 5.38. The fourth-order valence-corrected chi connectivity index (χ4v) is 3.58. The summed E-state index contributed by atoms with van der Waals surface area (Å²) in [6.45, 7) is 0. The van der Waals surface area contributed by atoms with Gasteiger partial charge in [0.1, 0.15) is 5.52 Å². The Kier molecular flexibility index (Phi) is 3.74. The molecular formula is C24H15N5O. The van der Waals surface area contributed by atoms with Crippen molar-refractivity contribution in [3.63, 3.8) is 0 Å². The Hall–Kier alpha value is -4.19. The Morgan fingerprint density at radius 3 is 2.40 bits per heavy atom. The van der Waals surface area contributed by atoms with Crippen LogP contribution in [0.5, 0.6) is 0 Å². The molecule has 6 aromatic rings. The third-order valence-corrected chi connectivity index (χ3v) is 5.07. The molecule has 0 aromatic carbocycles. The number of aromatic nitrogens is 5. The average Bonchev–Trinajstić information content (AvgIpc) is 3.26. The molecule has 6 nitrogen and oxygen atoms in total. The molecule has 0 aliphatic heterocycles. The molecule has 0 unspecified atom stereocenters. The summed E-state index contributed by atoms with van der Waals surface area (Å²) in [6.07, 6.45) is 5.89. The van der Waals surface area contributed by atoms with E-state index >= 15 is 0 Å². The first-order valence-corrected chi connectivity index (χ1v) is 9.63. The van der Waals surface area contributed by atoms with Gasteiger partial charge in [0.2, 0.25) is 0 Å². The van der Waals surface area contributed by atoms with Gasteiger partial charge in [0, 0.05) is 41.8 Å². The van der Waals surface area contributed by atoms with Gasteiger partial charge < -0.3 is 4.42 Å². The number of pyridine rings is 5. The van der Waals surface area contributed by atoms with Crippen molar-refractivity contribution in [3.8, 4) is 11.3 Å². The number of furan rings is 1. The van der Waals surface area contributed by atoms with E-state index in [4.69, 9.17) is 14.4 Å². The van der Waals surface area contributed by atoms with Gasteiger partial charge in [-0.3, -0.25) is 19.9 Å². The van der Waals surface area contributed by atoms with Gasteiger partial charge in [-0.25, -0.2) is 4.98 Å². The van der Waals surface area contributed by atoms with Gasteiger partial charge in [-0.2, -0.15) is 0 Å². The van der Waals surface area contributed by atoms with E-state index in [1.807, 2.05) is 66.9 Å². The minimum Gasteiger partial charge on any atom is -0.463 e. The van der Waals surface area contributed by atoms with Crippen LogP contribution in [0.2, 0.25) is 0 Å². The van der Waals surface area contributed by atoms with Gasteiger partial charge in [0.15, 0.2) is 5.58 Å². The summed E-state index contributed by atoms with van der Waals surface area (Å²) in [7, 11) is 0. The largest absolute Gasteiger partial charge is 0.463 e. The summed E-state index contributed by atoms with van der Waals surface area (Å²) >= 11 is 0. The highest BCUT2D eigenvalue weighted by Gasteiger charge is 2.08. The van der Waals surface area contributed by atoms with Crippen molar-refractivity contribution in [3.05, 3.63) is 90.7 Å². The van der Waals surface area contributed by atoms with Crippen LogP contribution in [-0.2, 0) is 6.42 Å². The van der Waals surface area contributed by atoms with Crippen LogP contribution in [-0.4, -0.2) is 24.9 Å². The van der Waals surface area contributed by atoms with Crippen molar-refractivity contribution >= 4 is 33.2 Å². The van der Waals surface area contributed by atoms with Crippen LogP contribution in [0.1, 0.15) is 11.4 Å². The zero-order valence-electron chi connectivity index (χ0n) is 15.9.